The molecule has 3 aromatic rings. The lowest BCUT2D eigenvalue weighted by Gasteiger charge is -2.05. The van der Waals surface area contributed by atoms with Gasteiger partial charge in [0.05, 0.1) is 0 Å². The summed E-state index contributed by atoms with van der Waals surface area (Å²) in [7, 11) is 0. The minimum absolute atomic E-state index is 0.0996. The quantitative estimate of drug-likeness (QED) is 0.503. The first-order valence-electron chi connectivity index (χ1n) is 5.13. The largest absolute Gasteiger partial charge is 0.206 e. The average molecular weight is 232 g/mol. The number of fused-ring (bicyclic) bond motifs is 2. The summed E-state index contributed by atoms with van der Waals surface area (Å²) in [5.74, 6) is -2.52. The molecule has 0 aliphatic rings. The van der Waals surface area contributed by atoms with Crippen LogP contribution in [-0.4, -0.2) is 0 Å². The van der Waals surface area contributed by atoms with Crippen molar-refractivity contribution in [3.05, 3.63) is 59.9 Å². The third-order valence-corrected chi connectivity index (χ3v) is 2.84. The van der Waals surface area contributed by atoms with Crippen molar-refractivity contribution >= 4 is 21.5 Å². The van der Waals surface area contributed by atoms with Gasteiger partial charge in [0.15, 0.2) is 11.6 Å². The summed E-state index contributed by atoms with van der Waals surface area (Å²) in [6.45, 7) is 0. The highest BCUT2D eigenvalue weighted by Gasteiger charge is 2.10. The van der Waals surface area contributed by atoms with Gasteiger partial charge in [0.1, 0.15) is 5.82 Å². The van der Waals surface area contributed by atoms with E-state index in [1.165, 1.54) is 0 Å². The van der Waals surface area contributed by atoms with Crippen LogP contribution < -0.4 is 0 Å². The summed E-state index contributed by atoms with van der Waals surface area (Å²) < 4.78 is 40.3. The highest BCUT2D eigenvalue weighted by molar-refractivity contribution is 5.99. The maximum Gasteiger partial charge on any atom is 0.159 e. The fraction of sp³-hybridized carbons (Fsp3) is 0. The highest BCUT2D eigenvalue weighted by Crippen LogP contribution is 2.28. The van der Waals surface area contributed by atoms with Gasteiger partial charge in [-0.1, -0.05) is 24.3 Å². The first kappa shape index (κ1) is 10.1. The van der Waals surface area contributed by atoms with Crippen LogP contribution in [0.3, 0.4) is 0 Å². The Morgan fingerprint density at radius 1 is 0.647 bits per heavy atom. The number of hydrogen-bond acceptors (Lipinski definition) is 0. The molecule has 0 amide bonds. The lowest BCUT2D eigenvalue weighted by Crippen LogP contribution is -1.89. The second-order valence-corrected chi connectivity index (χ2v) is 3.90. The Bertz CT molecular complexity index is 732. The Kier molecular flexibility index (Phi) is 2.08. The van der Waals surface area contributed by atoms with E-state index in [9.17, 15) is 13.2 Å². The molecule has 3 aromatic carbocycles. The molecule has 0 aromatic heterocycles. The van der Waals surface area contributed by atoms with Crippen LogP contribution in [0.4, 0.5) is 13.2 Å². The van der Waals surface area contributed by atoms with Crippen LogP contribution in [0.15, 0.2) is 42.5 Å². The fourth-order valence-corrected chi connectivity index (χ4v) is 2.01. The van der Waals surface area contributed by atoms with Gasteiger partial charge in [0.25, 0.3) is 0 Å². The van der Waals surface area contributed by atoms with E-state index in [0.717, 1.165) is 12.1 Å². The Morgan fingerprint density at radius 3 is 2.18 bits per heavy atom. The highest BCUT2D eigenvalue weighted by atomic mass is 19.2. The molecule has 0 bridgehead atoms. The molecule has 0 N–H and O–H groups in total. The van der Waals surface area contributed by atoms with Gasteiger partial charge in [0.2, 0.25) is 0 Å². The molecule has 0 saturated carbocycles. The van der Waals surface area contributed by atoms with Crippen molar-refractivity contribution in [2.24, 2.45) is 0 Å². The Balaban J connectivity index is 2.55. The molecule has 3 heteroatoms. The summed E-state index contributed by atoms with van der Waals surface area (Å²) in [6, 6.07) is 10.4. The number of hydrogen-bond donors (Lipinski definition) is 0. The molecule has 0 fully saturated rings. The predicted molar refractivity (Wildman–Crippen MR) is 61.3 cm³/mol. The summed E-state index contributed by atoms with van der Waals surface area (Å²) in [6.07, 6.45) is 0. The molecule has 0 atom stereocenters. The van der Waals surface area contributed by atoms with Crippen LogP contribution in [0.1, 0.15) is 0 Å². The van der Waals surface area contributed by atoms with Gasteiger partial charge >= 0.3 is 0 Å². The third-order valence-electron chi connectivity index (χ3n) is 2.84. The molecular weight excluding hydrogens is 225 g/mol. The molecule has 0 aliphatic carbocycles. The Morgan fingerprint density at radius 2 is 1.35 bits per heavy atom. The van der Waals surface area contributed by atoms with Gasteiger partial charge in [-0.15, -0.1) is 0 Å². The van der Waals surface area contributed by atoms with E-state index >= 15 is 0 Å². The summed E-state index contributed by atoms with van der Waals surface area (Å²) >= 11 is 0. The minimum atomic E-state index is -1.04. The van der Waals surface area contributed by atoms with Crippen LogP contribution in [0.5, 0.6) is 0 Å². The molecule has 0 spiro atoms. The lowest BCUT2D eigenvalue weighted by molar-refractivity contribution is 0.510. The number of rotatable bonds is 0. The molecular formula is C14H7F3. The van der Waals surface area contributed by atoms with Gasteiger partial charge < -0.3 is 0 Å². The fourth-order valence-electron chi connectivity index (χ4n) is 2.01. The van der Waals surface area contributed by atoms with Crippen LogP contribution in [0.2, 0.25) is 0 Å². The SMILES string of the molecule is Fc1cc2cc3ccccc3c(F)c2cc1F. The van der Waals surface area contributed by atoms with Gasteiger partial charge in [-0.05, 0) is 29.0 Å². The van der Waals surface area contributed by atoms with Gasteiger partial charge in [-0.3, -0.25) is 0 Å². The maximum absolute atomic E-state index is 14.1. The molecule has 84 valence electrons. The first-order valence-corrected chi connectivity index (χ1v) is 5.13. The molecule has 0 heterocycles. The molecule has 0 nitrogen and oxygen atoms in total. The topological polar surface area (TPSA) is 0 Å². The van der Waals surface area contributed by atoms with Crippen molar-refractivity contribution in [2.75, 3.05) is 0 Å². The molecule has 0 saturated heterocycles. The van der Waals surface area contributed by atoms with Crippen molar-refractivity contribution in [1.29, 1.82) is 0 Å². The standard InChI is InChI=1S/C14H7F3/c15-12-6-9-5-8-3-1-2-4-10(8)14(17)11(9)7-13(12)16/h1-7H. The molecule has 3 rings (SSSR count). The first-order chi connectivity index (χ1) is 8.16. The summed E-state index contributed by atoms with van der Waals surface area (Å²) in [5.41, 5.74) is 0. The molecule has 17 heavy (non-hydrogen) atoms. The third kappa shape index (κ3) is 1.46. The van der Waals surface area contributed by atoms with Gasteiger partial charge in [-0.25, -0.2) is 13.2 Å². The van der Waals surface area contributed by atoms with Crippen LogP contribution in [-0.2, 0) is 0 Å². The van der Waals surface area contributed by atoms with Crippen LogP contribution >= 0.6 is 0 Å². The average Bonchev–Trinajstić information content (AvgIpc) is 2.32. The summed E-state index contributed by atoms with van der Waals surface area (Å²) in [4.78, 5) is 0. The van der Waals surface area contributed by atoms with Crippen molar-refractivity contribution < 1.29 is 13.2 Å². The van der Waals surface area contributed by atoms with Crippen molar-refractivity contribution in [2.45, 2.75) is 0 Å². The molecule has 0 aliphatic heterocycles. The molecule has 0 unspecified atom stereocenters. The van der Waals surface area contributed by atoms with E-state index in [1.54, 1.807) is 30.3 Å². The van der Waals surface area contributed by atoms with E-state index < -0.39 is 17.5 Å². The van der Waals surface area contributed by atoms with E-state index in [1.807, 2.05) is 0 Å². The predicted octanol–water partition coefficient (Wildman–Crippen LogP) is 4.41. The van der Waals surface area contributed by atoms with Gasteiger partial charge in [-0.2, -0.15) is 0 Å². The smallest absolute Gasteiger partial charge is 0.159 e. The maximum atomic E-state index is 14.1. The second kappa shape index (κ2) is 3.48. The zero-order chi connectivity index (χ0) is 12.0. The zero-order valence-electron chi connectivity index (χ0n) is 8.68. The second-order valence-electron chi connectivity index (χ2n) is 3.90. The summed E-state index contributed by atoms with van der Waals surface area (Å²) in [5, 5.41) is 1.54. The monoisotopic (exact) mass is 232 g/mol. The van der Waals surface area contributed by atoms with Gasteiger partial charge in [0, 0.05) is 10.8 Å². The number of halogens is 3. The van der Waals surface area contributed by atoms with Crippen LogP contribution in [0.25, 0.3) is 21.5 Å². The lowest BCUT2D eigenvalue weighted by atomic mass is 10.0. The Hall–Kier alpha value is -2.03. The number of benzene rings is 3. The van der Waals surface area contributed by atoms with Crippen molar-refractivity contribution in [3.63, 3.8) is 0 Å². The molecule has 0 radical (unpaired) electrons. The van der Waals surface area contributed by atoms with Crippen LogP contribution in [0, 0.1) is 17.5 Å². The normalized spacial score (nSPS) is 11.2. The Labute approximate surface area is 95.3 Å². The van der Waals surface area contributed by atoms with Crippen molar-refractivity contribution in [3.8, 4) is 0 Å². The van der Waals surface area contributed by atoms with E-state index in [0.29, 0.717) is 16.2 Å². The van der Waals surface area contributed by atoms with E-state index in [2.05, 4.69) is 0 Å². The van der Waals surface area contributed by atoms with Crippen molar-refractivity contribution in [1.82, 2.24) is 0 Å². The van der Waals surface area contributed by atoms with E-state index in [-0.39, 0.29) is 5.39 Å². The minimum Gasteiger partial charge on any atom is -0.206 e. The zero-order valence-corrected chi connectivity index (χ0v) is 8.68. The van der Waals surface area contributed by atoms with E-state index in [4.69, 9.17) is 0 Å².